The largest absolute Gasteiger partial charge is 0.489 e. The molecule has 2 aliphatic heterocycles. The van der Waals surface area contributed by atoms with Gasteiger partial charge in [-0.05, 0) is 37.8 Å². The van der Waals surface area contributed by atoms with Gasteiger partial charge in [0.25, 0.3) is 0 Å². The van der Waals surface area contributed by atoms with E-state index in [-0.39, 0.29) is 0 Å². The molecule has 1 unspecified atom stereocenters. The molecule has 0 aromatic heterocycles. The molecule has 2 bridgehead atoms. The third kappa shape index (κ3) is 2.58. The molecule has 3 atom stereocenters. The van der Waals surface area contributed by atoms with Crippen LogP contribution in [0.15, 0.2) is 24.3 Å². The fourth-order valence-corrected chi connectivity index (χ4v) is 3.21. The number of nitrogens with one attached hydrogen (secondary N) is 1. The number of fused-ring (bicyclic) bond motifs is 2. The molecule has 2 saturated heterocycles. The van der Waals surface area contributed by atoms with E-state index in [2.05, 4.69) is 5.32 Å². The third-order valence-electron chi connectivity index (χ3n) is 3.80. The average molecular weight is 252 g/mol. The Morgan fingerprint density at radius 2 is 1.82 bits per heavy atom. The highest BCUT2D eigenvalue weighted by atomic mass is 35.5. The van der Waals surface area contributed by atoms with Gasteiger partial charge in [-0.25, -0.2) is 0 Å². The Morgan fingerprint density at radius 1 is 1.12 bits per heavy atom. The van der Waals surface area contributed by atoms with Crippen molar-refractivity contribution >= 4 is 11.6 Å². The van der Waals surface area contributed by atoms with Gasteiger partial charge in [-0.15, -0.1) is 0 Å². The topological polar surface area (TPSA) is 21.3 Å². The zero-order chi connectivity index (χ0) is 11.7. The molecule has 0 amide bonds. The van der Waals surface area contributed by atoms with Gasteiger partial charge in [0.1, 0.15) is 11.9 Å². The maximum Gasteiger partial charge on any atom is 0.138 e. The molecule has 3 heteroatoms. The molecule has 1 aromatic carbocycles. The number of hydrogen-bond donors (Lipinski definition) is 1. The SMILES string of the molecule is Clc1ccccc1OC1C[C@H]2CCC[C@@H](C1)N2. The Kier molecular flexibility index (Phi) is 3.26. The molecule has 0 radical (unpaired) electrons. The fraction of sp³-hybridized carbons (Fsp3) is 0.571. The van der Waals surface area contributed by atoms with Crippen molar-refractivity contribution in [2.24, 2.45) is 0 Å². The second-order valence-electron chi connectivity index (χ2n) is 5.13. The standard InChI is InChI=1S/C14H18ClNO/c15-13-6-1-2-7-14(13)17-12-8-10-4-3-5-11(9-12)16-10/h1-2,6-7,10-12,16H,3-5,8-9H2/t10-,11+,12?. The van der Waals surface area contributed by atoms with Gasteiger partial charge in [-0.2, -0.15) is 0 Å². The summed E-state index contributed by atoms with van der Waals surface area (Å²) in [4.78, 5) is 0. The van der Waals surface area contributed by atoms with E-state index in [1.807, 2.05) is 24.3 Å². The highest BCUT2D eigenvalue weighted by Gasteiger charge is 2.32. The summed E-state index contributed by atoms with van der Waals surface area (Å²) >= 11 is 6.12. The van der Waals surface area contributed by atoms with Crippen molar-refractivity contribution in [1.29, 1.82) is 0 Å². The molecule has 2 heterocycles. The van der Waals surface area contributed by atoms with E-state index < -0.39 is 0 Å². The Labute approximate surface area is 107 Å². The highest BCUT2D eigenvalue weighted by molar-refractivity contribution is 6.32. The van der Waals surface area contributed by atoms with Crippen LogP contribution in [0, 0.1) is 0 Å². The molecule has 92 valence electrons. The van der Waals surface area contributed by atoms with Gasteiger partial charge >= 0.3 is 0 Å². The molecule has 2 fully saturated rings. The number of halogens is 1. The zero-order valence-electron chi connectivity index (χ0n) is 9.86. The molecule has 0 saturated carbocycles. The fourth-order valence-electron chi connectivity index (χ4n) is 3.03. The summed E-state index contributed by atoms with van der Waals surface area (Å²) in [5.74, 6) is 0.833. The van der Waals surface area contributed by atoms with Gasteiger partial charge in [0.15, 0.2) is 0 Å². The molecule has 1 aromatic rings. The Hall–Kier alpha value is -0.730. The highest BCUT2D eigenvalue weighted by Crippen LogP contribution is 2.31. The number of rotatable bonds is 2. The maximum atomic E-state index is 6.12. The van der Waals surface area contributed by atoms with E-state index in [1.54, 1.807) is 0 Å². The van der Waals surface area contributed by atoms with E-state index in [0.717, 1.165) is 23.6 Å². The molecular formula is C14H18ClNO. The van der Waals surface area contributed by atoms with Crippen molar-refractivity contribution in [3.05, 3.63) is 29.3 Å². The van der Waals surface area contributed by atoms with E-state index in [0.29, 0.717) is 18.2 Å². The Bertz CT molecular complexity index is 384. The number of ether oxygens (including phenoxy) is 1. The maximum absolute atomic E-state index is 6.12. The van der Waals surface area contributed by atoms with Crippen molar-refractivity contribution < 1.29 is 4.74 Å². The van der Waals surface area contributed by atoms with Crippen LogP contribution >= 0.6 is 11.6 Å². The Morgan fingerprint density at radius 3 is 2.53 bits per heavy atom. The first-order chi connectivity index (χ1) is 8.31. The summed E-state index contributed by atoms with van der Waals surface area (Å²) in [6.07, 6.45) is 6.49. The third-order valence-corrected chi connectivity index (χ3v) is 4.11. The first kappa shape index (κ1) is 11.4. The summed E-state index contributed by atoms with van der Waals surface area (Å²) in [6, 6.07) is 9.05. The van der Waals surface area contributed by atoms with Crippen molar-refractivity contribution in [2.75, 3.05) is 0 Å². The van der Waals surface area contributed by atoms with Crippen molar-refractivity contribution in [1.82, 2.24) is 5.32 Å². The van der Waals surface area contributed by atoms with E-state index in [9.17, 15) is 0 Å². The molecule has 3 rings (SSSR count). The minimum absolute atomic E-state index is 0.325. The second kappa shape index (κ2) is 4.87. The summed E-state index contributed by atoms with van der Waals surface area (Å²) in [5, 5.41) is 4.39. The van der Waals surface area contributed by atoms with Crippen LogP contribution in [0.4, 0.5) is 0 Å². The van der Waals surface area contributed by atoms with E-state index in [4.69, 9.17) is 16.3 Å². The van der Waals surface area contributed by atoms with Crippen molar-refractivity contribution in [3.8, 4) is 5.75 Å². The summed E-state index contributed by atoms with van der Waals surface area (Å²) in [5.41, 5.74) is 0. The predicted octanol–water partition coefficient (Wildman–Crippen LogP) is 3.39. The Balaban J connectivity index is 1.68. The average Bonchev–Trinajstić information content (AvgIpc) is 2.32. The molecule has 0 spiro atoms. The number of hydrogen-bond acceptors (Lipinski definition) is 2. The number of para-hydroxylation sites is 1. The summed E-state index contributed by atoms with van der Waals surface area (Å²) in [7, 11) is 0. The van der Waals surface area contributed by atoms with Crippen LogP contribution in [0.2, 0.25) is 5.02 Å². The first-order valence-electron chi connectivity index (χ1n) is 6.48. The van der Waals surface area contributed by atoms with Crippen LogP contribution in [0.25, 0.3) is 0 Å². The summed E-state index contributed by atoms with van der Waals surface area (Å²) < 4.78 is 6.05. The van der Waals surface area contributed by atoms with E-state index >= 15 is 0 Å². The molecule has 17 heavy (non-hydrogen) atoms. The number of benzene rings is 1. The first-order valence-corrected chi connectivity index (χ1v) is 6.86. The molecule has 2 nitrogen and oxygen atoms in total. The molecule has 0 aliphatic carbocycles. The molecule has 1 N–H and O–H groups in total. The van der Waals surface area contributed by atoms with Crippen LogP contribution < -0.4 is 10.1 Å². The minimum Gasteiger partial charge on any atom is -0.489 e. The second-order valence-corrected chi connectivity index (χ2v) is 5.54. The van der Waals surface area contributed by atoms with Gasteiger partial charge in [0.2, 0.25) is 0 Å². The smallest absolute Gasteiger partial charge is 0.138 e. The molecular weight excluding hydrogens is 234 g/mol. The summed E-state index contributed by atoms with van der Waals surface area (Å²) in [6.45, 7) is 0. The number of piperidine rings is 2. The van der Waals surface area contributed by atoms with Gasteiger partial charge in [-0.1, -0.05) is 30.2 Å². The normalized spacial score (nSPS) is 32.2. The van der Waals surface area contributed by atoms with Gasteiger partial charge in [0.05, 0.1) is 5.02 Å². The van der Waals surface area contributed by atoms with Gasteiger partial charge in [-0.3, -0.25) is 0 Å². The van der Waals surface area contributed by atoms with Gasteiger partial charge in [0, 0.05) is 12.1 Å². The quantitative estimate of drug-likeness (QED) is 0.870. The van der Waals surface area contributed by atoms with Crippen LogP contribution in [0.5, 0.6) is 5.75 Å². The lowest BCUT2D eigenvalue weighted by molar-refractivity contribution is 0.0928. The predicted molar refractivity (Wildman–Crippen MR) is 69.7 cm³/mol. The lowest BCUT2D eigenvalue weighted by Gasteiger charge is -2.40. The van der Waals surface area contributed by atoms with E-state index in [1.165, 1.54) is 19.3 Å². The molecule has 2 aliphatic rings. The van der Waals surface area contributed by atoms with Crippen LogP contribution in [-0.2, 0) is 0 Å². The minimum atomic E-state index is 0.325. The van der Waals surface area contributed by atoms with Crippen molar-refractivity contribution in [2.45, 2.75) is 50.3 Å². The van der Waals surface area contributed by atoms with Crippen LogP contribution in [-0.4, -0.2) is 18.2 Å². The van der Waals surface area contributed by atoms with Crippen molar-refractivity contribution in [3.63, 3.8) is 0 Å². The lowest BCUT2D eigenvalue weighted by Crippen LogP contribution is -2.51. The lowest BCUT2D eigenvalue weighted by atomic mass is 9.85. The van der Waals surface area contributed by atoms with Crippen LogP contribution in [0.1, 0.15) is 32.1 Å². The zero-order valence-corrected chi connectivity index (χ0v) is 10.6. The van der Waals surface area contributed by atoms with Crippen LogP contribution in [0.3, 0.4) is 0 Å². The van der Waals surface area contributed by atoms with Gasteiger partial charge < -0.3 is 10.1 Å². The monoisotopic (exact) mass is 251 g/mol.